The predicted molar refractivity (Wildman–Crippen MR) is 74.4 cm³/mol. The van der Waals surface area contributed by atoms with Crippen LogP contribution in [0.25, 0.3) is 0 Å². The van der Waals surface area contributed by atoms with Crippen molar-refractivity contribution in [2.45, 2.75) is 89.4 Å². The van der Waals surface area contributed by atoms with Crippen molar-refractivity contribution in [3.63, 3.8) is 0 Å². The second-order valence-electron chi connectivity index (χ2n) is 5.48. The fraction of sp³-hybridized carbons (Fsp3) is 1.00. The van der Waals surface area contributed by atoms with Crippen LogP contribution in [0.2, 0.25) is 23.7 Å². The third kappa shape index (κ3) is 4.85. The molecule has 0 amide bonds. The summed E-state index contributed by atoms with van der Waals surface area (Å²) in [5.74, 6) is 0. The van der Waals surface area contributed by atoms with E-state index in [2.05, 4.69) is 20.8 Å². The van der Waals surface area contributed by atoms with Crippen molar-refractivity contribution in [2.24, 2.45) is 0 Å². The zero-order valence-electron chi connectivity index (χ0n) is 13.1. The van der Waals surface area contributed by atoms with E-state index in [1.54, 1.807) is 31.0 Å². The molecule has 0 aromatic rings. The Kier molecular flexibility index (Phi) is 10.9. The van der Waals surface area contributed by atoms with Gasteiger partial charge in [0.2, 0.25) is 0 Å². The normalized spacial score (nSPS) is 26.1. The minimum atomic E-state index is -0.875. The predicted octanol–water partition coefficient (Wildman–Crippen LogP) is 2.73. The van der Waals surface area contributed by atoms with Crippen LogP contribution in [0, 0.1) is 0 Å². The molecule has 0 aromatic carbocycles. The maximum Gasteiger partial charge on any atom is 1.00 e. The Balaban J connectivity index is 0. The van der Waals surface area contributed by atoms with E-state index in [0.29, 0.717) is 0 Å². The summed E-state index contributed by atoms with van der Waals surface area (Å²) in [6.07, 6.45) is 10.6. The Morgan fingerprint density at radius 3 is 2.06 bits per heavy atom. The summed E-state index contributed by atoms with van der Waals surface area (Å²) >= 11 is 0. The average molecular weight is 267 g/mol. The van der Waals surface area contributed by atoms with Crippen LogP contribution in [0.15, 0.2) is 0 Å². The smallest absolute Gasteiger partial charge is 1.00 e. The Hall–Kier alpha value is 1.85. The fourth-order valence-electron chi connectivity index (χ4n) is 3.73. The van der Waals surface area contributed by atoms with Crippen LogP contribution < -0.4 is 51.4 Å². The van der Waals surface area contributed by atoms with Gasteiger partial charge in [-0.25, -0.2) is 0 Å². The van der Waals surface area contributed by atoms with Gasteiger partial charge in [-0.15, -0.1) is 0 Å². The van der Waals surface area contributed by atoms with Gasteiger partial charge < -0.3 is 1.43 Å². The first kappa shape index (κ1) is 17.9. The van der Waals surface area contributed by atoms with Crippen LogP contribution in [0.3, 0.4) is 0 Å². The molecule has 16 heavy (non-hydrogen) atoms. The Bertz CT molecular complexity index is 172. The second kappa shape index (κ2) is 9.74. The van der Waals surface area contributed by atoms with E-state index >= 15 is 0 Å². The van der Waals surface area contributed by atoms with Crippen molar-refractivity contribution in [2.75, 3.05) is 0 Å². The van der Waals surface area contributed by atoms with Gasteiger partial charge in [0.1, 0.15) is 0 Å². The molecule has 0 bridgehead atoms. The van der Waals surface area contributed by atoms with Gasteiger partial charge in [-0.1, -0.05) is 83.8 Å². The fourth-order valence-corrected chi connectivity index (χ4v) is 9.13. The molecule has 2 heteroatoms. The molecule has 1 fully saturated rings. The summed E-state index contributed by atoms with van der Waals surface area (Å²) < 4.78 is 0. The molecule has 1 unspecified atom stereocenters. The topological polar surface area (TPSA) is 0 Å². The van der Waals surface area contributed by atoms with Crippen molar-refractivity contribution in [1.82, 2.24) is 0 Å². The molecule has 1 aliphatic heterocycles. The van der Waals surface area contributed by atoms with E-state index < -0.39 is 8.07 Å². The molecule has 1 rings (SSSR count). The van der Waals surface area contributed by atoms with Crippen LogP contribution >= 0.6 is 0 Å². The zero-order chi connectivity index (χ0) is 11.1. The van der Waals surface area contributed by atoms with Gasteiger partial charge in [0.15, 0.2) is 0 Å². The molecule has 0 nitrogen and oxygen atoms in total. The van der Waals surface area contributed by atoms with E-state index in [9.17, 15) is 0 Å². The van der Waals surface area contributed by atoms with Crippen LogP contribution in [0.4, 0.5) is 0 Å². The summed E-state index contributed by atoms with van der Waals surface area (Å²) in [7, 11) is -0.875. The van der Waals surface area contributed by atoms with Crippen molar-refractivity contribution >= 4 is 8.07 Å². The van der Waals surface area contributed by atoms with E-state index in [1.165, 1.54) is 32.1 Å². The molecule has 0 N–H and O–H groups in total. The molecular weight excluding hydrogens is 235 g/mol. The first-order valence-corrected chi connectivity index (χ1v) is 9.99. The van der Waals surface area contributed by atoms with E-state index in [4.69, 9.17) is 0 Å². The third-order valence-electron chi connectivity index (χ3n) is 4.99. The van der Waals surface area contributed by atoms with Crippen LogP contribution in [0.5, 0.6) is 0 Å². The maximum absolute atomic E-state index is 2.48. The number of hydrogen-bond donors (Lipinski definition) is 0. The van der Waals surface area contributed by atoms with Gasteiger partial charge in [-0.2, -0.15) is 0 Å². The number of hydrogen-bond acceptors (Lipinski definition) is 0. The first-order valence-electron chi connectivity index (χ1n) is 7.29. The molecule has 0 aliphatic carbocycles. The summed E-state index contributed by atoms with van der Waals surface area (Å²) in [6, 6.07) is 4.72. The third-order valence-corrected chi connectivity index (χ3v) is 11.6. The van der Waals surface area contributed by atoms with E-state index in [1.807, 2.05) is 0 Å². The minimum absolute atomic E-state index is 0. The van der Waals surface area contributed by atoms with Crippen LogP contribution in [-0.4, -0.2) is 8.07 Å². The summed E-state index contributed by atoms with van der Waals surface area (Å²) in [5, 5.41) is 0. The van der Waals surface area contributed by atoms with E-state index in [0.717, 1.165) is 5.54 Å². The molecule has 0 aromatic heterocycles. The maximum atomic E-state index is 2.48. The van der Waals surface area contributed by atoms with Crippen LogP contribution in [-0.2, 0) is 0 Å². The molecule has 0 radical (unpaired) electrons. The van der Waals surface area contributed by atoms with Crippen LogP contribution in [0.1, 0.15) is 67.1 Å². The Labute approximate surface area is 148 Å². The largest absolute Gasteiger partial charge is 1.00 e. The Morgan fingerprint density at radius 1 is 0.938 bits per heavy atom. The number of rotatable bonds is 3. The minimum Gasteiger partial charge on any atom is -1.00 e. The first-order chi connectivity index (χ1) is 7.29. The van der Waals surface area contributed by atoms with Crippen molar-refractivity contribution < 1.29 is 52.8 Å². The van der Waals surface area contributed by atoms with Gasteiger partial charge in [-0.05, 0) is 5.54 Å². The molecule has 0 spiro atoms. The SMILES string of the molecule is CCC1CCCCCCC[Si]1(CC)CC.[H-].[K+]. The van der Waals surface area contributed by atoms with Gasteiger partial charge in [0, 0.05) is 0 Å². The molecule has 92 valence electrons. The van der Waals surface area contributed by atoms with Gasteiger partial charge in [0.05, 0.1) is 8.07 Å². The summed E-state index contributed by atoms with van der Waals surface area (Å²) in [5.41, 5.74) is 1.14. The molecule has 0 saturated carbocycles. The second-order valence-corrected chi connectivity index (χ2v) is 10.9. The van der Waals surface area contributed by atoms with Crippen molar-refractivity contribution in [3.8, 4) is 0 Å². The van der Waals surface area contributed by atoms with Gasteiger partial charge >= 0.3 is 51.4 Å². The monoisotopic (exact) mass is 266 g/mol. The standard InChI is InChI=1S/C14H30Si.K.H/c1-4-14-12-10-8-7-9-11-13-15(14,5-2)6-3;;/h14H,4-13H2,1-3H3;;/q;+1;-1. The van der Waals surface area contributed by atoms with Gasteiger partial charge in [-0.3, -0.25) is 0 Å². The average Bonchev–Trinajstić information content (AvgIpc) is 2.38. The van der Waals surface area contributed by atoms with Crippen molar-refractivity contribution in [3.05, 3.63) is 0 Å². The summed E-state index contributed by atoms with van der Waals surface area (Å²) in [6.45, 7) is 7.40. The molecule has 1 saturated heterocycles. The molecule has 1 atom stereocenters. The van der Waals surface area contributed by atoms with Gasteiger partial charge in [0.25, 0.3) is 0 Å². The zero-order valence-corrected chi connectivity index (χ0v) is 16.3. The molecule has 1 aliphatic rings. The van der Waals surface area contributed by atoms with E-state index in [-0.39, 0.29) is 52.8 Å². The summed E-state index contributed by atoms with van der Waals surface area (Å²) in [4.78, 5) is 0. The molecular formula is C14H31KSi. The van der Waals surface area contributed by atoms with Crippen molar-refractivity contribution in [1.29, 1.82) is 0 Å². The molecule has 1 heterocycles. The quantitative estimate of drug-likeness (QED) is 0.689. The Morgan fingerprint density at radius 2 is 1.50 bits per heavy atom.